The van der Waals surface area contributed by atoms with Gasteiger partial charge in [-0.15, -0.1) is 0 Å². The summed E-state index contributed by atoms with van der Waals surface area (Å²) in [5.74, 6) is 0.00366. The first kappa shape index (κ1) is 14.0. The maximum atomic E-state index is 12.5. The molecular weight excluding hydrogens is 247 g/mol. The average molecular weight is 266 g/mol. The van der Waals surface area contributed by atoms with Gasteiger partial charge in [0.1, 0.15) is 5.60 Å². The number of nitrogens with one attached hydrogen (secondary N) is 1. The Hall–Kier alpha value is -1.46. The number of ether oxygens (including phenoxy) is 1. The first-order chi connectivity index (χ1) is 9.09. The normalized spacial score (nSPS) is 27.3. The van der Waals surface area contributed by atoms with Crippen molar-refractivity contribution in [2.45, 2.75) is 31.8 Å². The van der Waals surface area contributed by atoms with Crippen molar-refractivity contribution in [1.82, 2.24) is 5.32 Å². The highest BCUT2D eigenvalue weighted by molar-refractivity contribution is 5.80. The minimum absolute atomic E-state index is 0.00366. The number of amides is 1. The van der Waals surface area contributed by atoms with E-state index in [0.717, 1.165) is 17.7 Å². The molecule has 0 aromatic heterocycles. The largest absolute Gasteiger partial charge is 0.364 e. The highest BCUT2D eigenvalue weighted by Crippen LogP contribution is 2.35. The van der Waals surface area contributed by atoms with Crippen LogP contribution >= 0.6 is 0 Å². The molecule has 0 radical (unpaired) electrons. The fourth-order valence-corrected chi connectivity index (χ4v) is 2.34. The van der Waals surface area contributed by atoms with Gasteiger partial charge in [-0.1, -0.05) is 12.2 Å². The van der Waals surface area contributed by atoms with Crippen LogP contribution in [-0.4, -0.2) is 24.7 Å². The van der Waals surface area contributed by atoms with E-state index in [-0.39, 0.29) is 19.1 Å². The van der Waals surface area contributed by atoms with Gasteiger partial charge in [-0.3, -0.25) is 4.79 Å². The van der Waals surface area contributed by atoms with Crippen molar-refractivity contribution >= 4 is 5.91 Å². The summed E-state index contributed by atoms with van der Waals surface area (Å²) < 4.78 is 18.3. The summed E-state index contributed by atoms with van der Waals surface area (Å²) in [6.45, 7) is 2.16. The summed E-state index contributed by atoms with van der Waals surface area (Å²) >= 11 is 0. The lowest BCUT2D eigenvalue weighted by molar-refractivity contribution is -0.122. The van der Waals surface area contributed by atoms with Crippen molar-refractivity contribution in [3.8, 4) is 0 Å². The van der Waals surface area contributed by atoms with Gasteiger partial charge < -0.3 is 15.8 Å². The zero-order valence-corrected chi connectivity index (χ0v) is 11.0. The average Bonchev–Trinajstić information content (AvgIpc) is 2.41. The van der Waals surface area contributed by atoms with E-state index in [2.05, 4.69) is 5.32 Å². The molecule has 1 amide bonds. The van der Waals surface area contributed by atoms with Crippen LogP contribution in [0.2, 0.25) is 0 Å². The molecule has 0 saturated heterocycles. The molecule has 0 spiro atoms. The summed E-state index contributed by atoms with van der Waals surface area (Å²) in [5.41, 5.74) is 7.09. The first-order valence-corrected chi connectivity index (χ1v) is 6.41. The van der Waals surface area contributed by atoms with Gasteiger partial charge >= 0.3 is 0 Å². The third-order valence-electron chi connectivity index (χ3n) is 3.55. The van der Waals surface area contributed by atoms with Crippen molar-refractivity contribution in [2.75, 3.05) is 13.2 Å². The molecule has 0 aromatic rings. The number of hydrogen-bond acceptors (Lipinski definition) is 3. The van der Waals surface area contributed by atoms with Gasteiger partial charge in [0.15, 0.2) is 0 Å². The van der Waals surface area contributed by atoms with Gasteiger partial charge in [0.05, 0.1) is 18.6 Å². The van der Waals surface area contributed by atoms with E-state index >= 15 is 0 Å². The molecule has 2 rings (SSSR count). The molecule has 19 heavy (non-hydrogen) atoms. The minimum atomic E-state index is -0.621. The number of rotatable bonds is 4. The Labute approximate surface area is 112 Å². The number of hydrogen-bond donors (Lipinski definition) is 2. The zero-order valence-electron chi connectivity index (χ0n) is 11.0. The number of carbonyl (C=O) groups excluding carboxylic acids is 1. The van der Waals surface area contributed by atoms with Gasteiger partial charge in [-0.2, -0.15) is 0 Å². The van der Waals surface area contributed by atoms with Crippen LogP contribution in [0.15, 0.2) is 35.3 Å². The molecule has 1 heterocycles. The quantitative estimate of drug-likeness (QED) is 0.814. The topological polar surface area (TPSA) is 64.3 Å². The smallest absolute Gasteiger partial charge is 0.224 e. The van der Waals surface area contributed by atoms with Crippen LogP contribution < -0.4 is 11.1 Å². The molecular formula is C14H19FN2O2. The van der Waals surface area contributed by atoms with E-state index in [1.165, 1.54) is 0 Å². The van der Waals surface area contributed by atoms with E-state index in [1.807, 2.05) is 19.1 Å². The van der Waals surface area contributed by atoms with Crippen molar-refractivity contribution in [1.29, 1.82) is 0 Å². The molecule has 0 bridgehead atoms. The maximum absolute atomic E-state index is 12.5. The van der Waals surface area contributed by atoms with E-state index in [1.54, 1.807) is 0 Å². The molecule has 2 aliphatic rings. The predicted octanol–water partition coefficient (Wildman–Crippen LogP) is 1.70. The summed E-state index contributed by atoms with van der Waals surface area (Å²) in [7, 11) is 0. The van der Waals surface area contributed by atoms with Crippen molar-refractivity contribution < 1.29 is 13.9 Å². The Balaban J connectivity index is 2.16. The lowest BCUT2D eigenvalue weighted by Gasteiger charge is -2.37. The molecule has 5 heteroatoms. The standard InChI is InChI=1S/C14H19FN2O2/c1-14(19-9-10(7-15)8-16)6-2-3-11-4-5-12(18)17-13(11)14/h2-3,7H,4-6,8-9,16H2,1H3,(H,17,18)/b10-7-. The summed E-state index contributed by atoms with van der Waals surface area (Å²) in [4.78, 5) is 11.5. The number of halogens is 1. The molecule has 1 unspecified atom stereocenters. The molecule has 4 nitrogen and oxygen atoms in total. The van der Waals surface area contributed by atoms with E-state index < -0.39 is 5.60 Å². The van der Waals surface area contributed by atoms with Crippen LogP contribution in [0.1, 0.15) is 26.2 Å². The van der Waals surface area contributed by atoms with Gasteiger partial charge in [-0.05, 0) is 24.5 Å². The van der Waals surface area contributed by atoms with Crippen LogP contribution in [0.5, 0.6) is 0 Å². The second-order valence-corrected chi connectivity index (χ2v) is 5.05. The summed E-state index contributed by atoms with van der Waals surface area (Å²) in [6.07, 6.45) is 6.40. The molecule has 1 aliphatic heterocycles. The van der Waals surface area contributed by atoms with Crippen molar-refractivity contribution in [2.24, 2.45) is 5.73 Å². The van der Waals surface area contributed by atoms with Crippen LogP contribution in [0.25, 0.3) is 0 Å². The van der Waals surface area contributed by atoms with Crippen LogP contribution in [0, 0.1) is 0 Å². The van der Waals surface area contributed by atoms with Crippen LogP contribution in [-0.2, 0) is 9.53 Å². The lowest BCUT2D eigenvalue weighted by Crippen LogP contribution is -2.44. The molecule has 1 atom stereocenters. The molecule has 0 fully saturated rings. The predicted molar refractivity (Wildman–Crippen MR) is 70.8 cm³/mol. The van der Waals surface area contributed by atoms with E-state index in [4.69, 9.17) is 10.5 Å². The van der Waals surface area contributed by atoms with Gasteiger partial charge in [-0.25, -0.2) is 4.39 Å². The molecule has 3 N–H and O–H groups in total. The third-order valence-corrected chi connectivity index (χ3v) is 3.55. The Morgan fingerprint density at radius 2 is 2.42 bits per heavy atom. The highest BCUT2D eigenvalue weighted by atomic mass is 19.1. The highest BCUT2D eigenvalue weighted by Gasteiger charge is 2.36. The van der Waals surface area contributed by atoms with Gasteiger partial charge in [0, 0.05) is 19.4 Å². The maximum Gasteiger partial charge on any atom is 0.224 e. The Morgan fingerprint density at radius 1 is 1.63 bits per heavy atom. The Bertz CT molecular complexity index is 468. The summed E-state index contributed by atoms with van der Waals surface area (Å²) in [5, 5.41) is 2.89. The molecule has 0 aromatic carbocycles. The molecule has 1 aliphatic carbocycles. The number of allylic oxidation sites excluding steroid dienone is 2. The SMILES string of the molecule is CC1(OC/C(=C\F)CN)CC=CC2=C1NC(=O)CC2. The van der Waals surface area contributed by atoms with Crippen molar-refractivity contribution in [3.63, 3.8) is 0 Å². The van der Waals surface area contributed by atoms with E-state index in [0.29, 0.717) is 24.7 Å². The summed E-state index contributed by atoms with van der Waals surface area (Å²) in [6, 6.07) is 0. The van der Waals surface area contributed by atoms with E-state index in [9.17, 15) is 9.18 Å². The Kier molecular flexibility index (Phi) is 4.17. The fraction of sp³-hybridized carbons (Fsp3) is 0.500. The Morgan fingerprint density at radius 3 is 3.11 bits per heavy atom. The second-order valence-electron chi connectivity index (χ2n) is 5.05. The van der Waals surface area contributed by atoms with Crippen LogP contribution in [0.4, 0.5) is 4.39 Å². The van der Waals surface area contributed by atoms with Crippen molar-refractivity contribution in [3.05, 3.63) is 35.3 Å². The van der Waals surface area contributed by atoms with Gasteiger partial charge in [0.25, 0.3) is 0 Å². The second kappa shape index (κ2) is 5.67. The third kappa shape index (κ3) is 2.93. The van der Waals surface area contributed by atoms with Gasteiger partial charge in [0.2, 0.25) is 5.91 Å². The van der Waals surface area contributed by atoms with Crippen LogP contribution in [0.3, 0.4) is 0 Å². The molecule has 104 valence electrons. The fourth-order valence-electron chi connectivity index (χ4n) is 2.34. The number of carbonyl (C=O) groups is 1. The first-order valence-electron chi connectivity index (χ1n) is 6.41. The minimum Gasteiger partial charge on any atom is -0.364 e. The molecule has 0 saturated carbocycles. The lowest BCUT2D eigenvalue weighted by atomic mass is 9.85. The number of nitrogens with two attached hydrogens (primary N) is 1. The monoisotopic (exact) mass is 266 g/mol. The zero-order chi connectivity index (χ0) is 13.9.